The molecule has 1 amide bonds. The van der Waals surface area contributed by atoms with E-state index in [1.165, 1.54) is 5.56 Å². The van der Waals surface area contributed by atoms with Crippen molar-refractivity contribution in [2.75, 3.05) is 19.6 Å². The molecule has 0 saturated carbocycles. The van der Waals surface area contributed by atoms with Gasteiger partial charge in [0, 0.05) is 24.5 Å². The van der Waals surface area contributed by atoms with E-state index in [0.717, 1.165) is 25.3 Å². The molecule has 0 aromatic heterocycles. The van der Waals surface area contributed by atoms with Gasteiger partial charge in [0.05, 0.1) is 6.54 Å². The molecule has 0 fully saturated rings. The summed E-state index contributed by atoms with van der Waals surface area (Å²) in [5, 5.41) is 9.61. The van der Waals surface area contributed by atoms with Crippen LogP contribution < -0.4 is 16.0 Å². The van der Waals surface area contributed by atoms with E-state index < -0.39 is 0 Å². The second-order valence-corrected chi connectivity index (χ2v) is 7.34. The summed E-state index contributed by atoms with van der Waals surface area (Å²) in [4.78, 5) is 16.4. The summed E-state index contributed by atoms with van der Waals surface area (Å²) in [5.74, 6) is 0.852. The Hall–Kier alpha value is -1.31. The van der Waals surface area contributed by atoms with Crippen molar-refractivity contribution in [3.05, 3.63) is 35.9 Å². The Balaban J connectivity index is 0.00000625. The number of nitrogens with one attached hydrogen (secondary N) is 3. The van der Waals surface area contributed by atoms with Crippen molar-refractivity contribution in [2.24, 2.45) is 10.4 Å². The number of nitrogens with zero attached hydrogens (tertiary/aromatic N) is 1. The molecule has 26 heavy (non-hydrogen) atoms. The predicted molar refractivity (Wildman–Crippen MR) is 121 cm³/mol. The quantitative estimate of drug-likeness (QED) is 0.234. The third-order valence-corrected chi connectivity index (χ3v) is 3.78. The molecule has 0 aliphatic carbocycles. The van der Waals surface area contributed by atoms with Gasteiger partial charge in [-0.25, -0.2) is 0 Å². The number of hydrogen-bond donors (Lipinski definition) is 3. The lowest BCUT2D eigenvalue weighted by molar-refractivity contribution is -0.128. The maximum atomic E-state index is 11.8. The fourth-order valence-corrected chi connectivity index (χ4v) is 2.26. The van der Waals surface area contributed by atoms with Crippen LogP contribution in [0.1, 0.15) is 46.6 Å². The van der Waals surface area contributed by atoms with Crippen LogP contribution in [-0.2, 0) is 11.2 Å². The first-order valence-corrected chi connectivity index (χ1v) is 9.20. The molecular formula is C20H35IN4O. The maximum absolute atomic E-state index is 11.8. The van der Waals surface area contributed by atoms with E-state index in [1.54, 1.807) is 0 Å². The molecule has 3 N–H and O–H groups in total. The van der Waals surface area contributed by atoms with Crippen molar-refractivity contribution in [1.82, 2.24) is 16.0 Å². The molecule has 1 unspecified atom stereocenters. The first kappa shape index (κ1) is 24.7. The molecule has 0 bridgehead atoms. The number of halogens is 1. The third kappa shape index (κ3) is 10.6. The summed E-state index contributed by atoms with van der Waals surface area (Å²) in [6.07, 6.45) is 2.07. The number of rotatable bonds is 8. The highest BCUT2D eigenvalue weighted by molar-refractivity contribution is 14.0. The van der Waals surface area contributed by atoms with Gasteiger partial charge in [0.2, 0.25) is 5.91 Å². The second kappa shape index (κ2) is 12.9. The molecule has 6 heteroatoms. The molecule has 148 valence electrons. The van der Waals surface area contributed by atoms with Gasteiger partial charge >= 0.3 is 0 Å². The largest absolute Gasteiger partial charge is 0.357 e. The van der Waals surface area contributed by atoms with Gasteiger partial charge in [-0.05, 0) is 32.3 Å². The molecule has 0 aliphatic heterocycles. The third-order valence-electron chi connectivity index (χ3n) is 3.78. The van der Waals surface area contributed by atoms with Crippen LogP contribution in [-0.4, -0.2) is 37.5 Å². The van der Waals surface area contributed by atoms with Crippen molar-refractivity contribution in [1.29, 1.82) is 0 Å². The summed E-state index contributed by atoms with van der Waals surface area (Å²) in [6.45, 7) is 11.9. The molecular weight excluding hydrogens is 439 g/mol. The van der Waals surface area contributed by atoms with Gasteiger partial charge in [-0.3, -0.25) is 9.79 Å². The number of aryl methyl sites for hydroxylation is 1. The number of aliphatic imine (C=N–C) groups is 1. The minimum atomic E-state index is -0.363. The normalized spacial score (nSPS) is 12.7. The highest BCUT2D eigenvalue weighted by Gasteiger charge is 2.20. The Morgan fingerprint density at radius 1 is 1.15 bits per heavy atom. The maximum Gasteiger partial charge on any atom is 0.225 e. The van der Waals surface area contributed by atoms with Gasteiger partial charge in [0.1, 0.15) is 0 Å². The first-order chi connectivity index (χ1) is 11.8. The van der Waals surface area contributed by atoms with Crippen molar-refractivity contribution in [3.8, 4) is 0 Å². The summed E-state index contributed by atoms with van der Waals surface area (Å²) in [5.41, 5.74) is 0.987. The highest BCUT2D eigenvalue weighted by atomic mass is 127. The number of carbonyl (C=O) groups is 1. The molecule has 0 heterocycles. The van der Waals surface area contributed by atoms with Crippen molar-refractivity contribution < 1.29 is 4.79 Å². The average Bonchev–Trinajstić information content (AvgIpc) is 2.57. The van der Waals surface area contributed by atoms with Gasteiger partial charge in [-0.1, -0.05) is 51.1 Å². The minimum absolute atomic E-state index is 0. The number of benzene rings is 1. The topological polar surface area (TPSA) is 65.5 Å². The van der Waals surface area contributed by atoms with Gasteiger partial charge in [-0.15, -0.1) is 24.0 Å². The number of hydrogen-bond acceptors (Lipinski definition) is 2. The lowest BCUT2D eigenvalue weighted by Crippen LogP contribution is -2.43. The Morgan fingerprint density at radius 3 is 2.38 bits per heavy atom. The Kier molecular flexibility index (Phi) is 12.3. The van der Waals surface area contributed by atoms with Crippen LogP contribution >= 0.6 is 24.0 Å². The second-order valence-electron chi connectivity index (χ2n) is 7.34. The van der Waals surface area contributed by atoms with E-state index >= 15 is 0 Å². The lowest BCUT2D eigenvalue weighted by Gasteiger charge is -2.19. The molecule has 1 aromatic carbocycles. The first-order valence-electron chi connectivity index (χ1n) is 9.20. The fraction of sp³-hybridized carbons (Fsp3) is 0.600. The summed E-state index contributed by atoms with van der Waals surface area (Å²) in [6, 6.07) is 10.8. The van der Waals surface area contributed by atoms with E-state index in [1.807, 2.05) is 33.8 Å². The van der Waals surface area contributed by atoms with Crippen LogP contribution in [0.4, 0.5) is 0 Å². The van der Waals surface area contributed by atoms with E-state index in [9.17, 15) is 4.79 Å². The molecule has 0 aliphatic rings. The molecule has 0 saturated heterocycles. The Labute approximate surface area is 175 Å². The number of carbonyl (C=O) groups excluding carboxylic acids is 1. The molecule has 1 aromatic rings. The van der Waals surface area contributed by atoms with E-state index in [0.29, 0.717) is 19.1 Å². The van der Waals surface area contributed by atoms with Crippen LogP contribution in [0.3, 0.4) is 0 Å². The van der Waals surface area contributed by atoms with Crippen LogP contribution in [0, 0.1) is 5.41 Å². The van der Waals surface area contributed by atoms with Crippen LogP contribution in [0.25, 0.3) is 0 Å². The molecule has 0 radical (unpaired) electrons. The monoisotopic (exact) mass is 474 g/mol. The molecule has 1 rings (SSSR count). The summed E-state index contributed by atoms with van der Waals surface area (Å²) < 4.78 is 0. The summed E-state index contributed by atoms with van der Waals surface area (Å²) >= 11 is 0. The zero-order valence-corrected chi connectivity index (χ0v) is 19.1. The lowest BCUT2D eigenvalue weighted by atomic mass is 9.96. The number of guanidine groups is 1. The highest BCUT2D eigenvalue weighted by Crippen LogP contribution is 2.11. The van der Waals surface area contributed by atoms with Gasteiger partial charge in [0.15, 0.2) is 5.96 Å². The van der Waals surface area contributed by atoms with Gasteiger partial charge in [-0.2, -0.15) is 0 Å². The zero-order valence-electron chi connectivity index (χ0n) is 16.8. The Bertz CT molecular complexity index is 540. The summed E-state index contributed by atoms with van der Waals surface area (Å²) in [7, 11) is 0. The van der Waals surface area contributed by atoms with Gasteiger partial charge < -0.3 is 16.0 Å². The van der Waals surface area contributed by atoms with Crippen molar-refractivity contribution in [3.63, 3.8) is 0 Å². The smallest absolute Gasteiger partial charge is 0.225 e. The molecule has 1 atom stereocenters. The predicted octanol–water partition coefficient (Wildman–Crippen LogP) is 3.34. The fourth-order valence-electron chi connectivity index (χ4n) is 2.26. The minimum Gasteiger partial charge on any atom is -0.357 e. The van der Waals surface area contributed by atoms with Crippen molar-refractivity contribution >= 4 is 35.8 Å². The molecule has 0 spiro atoms. The Morgan fingerprint density at radius 2 is 1.81 bits per heavy atom. The van der Waals surface area contributed by atoms with Crippen LogP contribution in [0.5, 0.6) is 0 Å². The van der Waals surface area contributed by atoms with Gasteiger partial charge in [0.25, 0.3) is 0 Å². The van der Waals surface area contributed by atoms with Crippen LogP contribution in [0.15, 0.2) is 35.3 Å². The van der Waals surface area contributed by atoms with Crippen molar-refractivity contribution in [2.45, 2.75) is 53.5 Å². The molecule has 5 nitrogen and oxygen atoms in total. The standard InChI is InChI=1S/C20H34N4O.HI/c1-6-21-19(23-15-14-22-18(25)20(3,4)5)24-16(2)12-13-17-10-8-7-9-11-17;/h7-11,16H,6,12-15H2,1-5H3,(H,22,25)(H2,21,23,24);1H. The van der Waals surface area contributed by atoms with Crippen LogP contribution in [0.2, 0.25) is 0 Å². The van der Waals surface area contributed by atoms with E-state index in [4.69, 9.17) is 0 Å². The average molecular weight is 474 g/mol. The number of amides is 1. The SMILES string of the molecule is CCNC(=NCCNC(=O)C(C)(C)C)NC(C)CCc1ccccc1.I. The van der Waals surface area contributed by atoms with E-state index in [2.05, 4.69) is 52.1 Å². The zero-order chi connectivity index (χ0) is 18.7. The van der Waals surface area contributed by atoms with E-state index in [-0.39, 0.29) is 35.3 Å².